The molecule has 2 fully saturated rings. The van der Waals surface area contributed by atoms with Crippen molar-refractivity contribution in [2.45, 2.75) is 93.5 Å². The van der Waals surface area contributed by atoms with Gasteiger partial charge in [0.1, 0.15) is 11.8 Å². The largest absolute Gasteiger partial charge is 0.442 e. The first-order valence-corrected chi connectivity index (χ1v) is 19.3. The average molecular weight is 786 g/mol. The Hall–Kier alpha value is -3.81. The number of carbonyl (C=O) groups is 5. The van der Waals surface area contributed by atoms with Crippen molar-refractivity contribution in [2.75, 3.05) is 58.5 Å². The Morgan fingerprint density at radius 1 is 0.889 bits per heavy atom. The summed E-state index contributed by atoms with van der Waals surface area (Å²) in [6, 6.07) is 3.94. The number of Topliss-reactive ketones (excluding diaryl/α,β-unsaturated/α-hetero) is 1. The third kappa shape index (κ3) is 13.5. The van der Waals surface area contributed by atoms with Gasteiger partial charge in [0.15, 0.2) is 0 Å². The van der Waals surface area contributed by atoms with Crippen LogP contribution >= 0.6 is 11.8 Å². The van der Waals surface area contributed by atoms with Gasteiger partial charge in [0.05, 0.1) is 38.5 Å². The Labute approximate surface area is 316 Å². The quantitative estimate of drug-likeness (QED) is 0.0693. The molecule has 3 aliphatic rings. The summed E-state index contributed by atoms with van der Waals surface area (Å²) in [5.41, 5.74) is -2.78. The monoisotopic (exact) mass is 785 g/mol. The Bertz CT molecular complexity index is 1450. The molecule has 1 aromatic rings. The van der Waals surface area contributed by atoms with Crippen molar-refractivity contribution in [3.8, 4) is 0 Å². The van der Waals surface area contributed by atoms with E-state index in [1.54, 1.807) is 0 Å². The van der Waals surface area contributed by atoms with E-state index in [2.05, 4.69) is 36.8 Å². The summed E-state index contributed by atoms with van der Waals surface area (Å²) < 4.78 is 56.3. The zero-order valence-corrected chi connectivity index (χ0v) is 31.2. The number of alkyl halides is 3. The number of ketones is 1. The van der Waals surface area contributed by atoms with E-state index in [-0.39, 0.29) is 60.3 Å². The van der Waals surface area contributed by atoms with Crippen molar-refractivity contribution in [1.29, 1.82) is 0 Å². The number of nitrogens with zero attached hydrogens (tertiary/aromatic N) is 2. The molecule has 5 N–H and O–H groups in total. The molecule has 0 aromatic heterocycles. The van der Waals surface area contributed by atoms with Crippen LogP contribution in [0.1, 0.15) is 74.2 Å². The van der Waals surface area contributed by atoms with Crippen molar-refractivity contribution in [2.24, 2.45) is 10.2 Å². The van der Waals surface area contributed by atoms with Crippen molar-refractivity contribution in [3.05, 3.63) is 35.4 Å². The van der Waals surface area contributed by atoms with Crippen LogP contribution in [0.5, 0.6) is 0 Å². The van der Waals surface area contributed by atoms with Gasteiger partial charge in [-0.1, -0.05) is 18.6 Å². The summed E-state index contributed by atoms with van der Waals surface area (Å²) in [7, 11) is 0. The summed E-state index contributed by atoms with van der Waals surface area (Å²) in [5.74, 6) is -0.375. The fourth-order valence-corrected chi connectivity index (χ4v) is 7.51. The lowest BCUT2D eigenvalue weighted by molar-refractivity contribution is -0.166. The van der Waals surface area contributed by atoms with Gasteiger partial charge in [-0.05, 0) is 51.2 Å². The molecule has 0 bridgehead atoms. The number of unbranched alkanes of at least 4 members (excludes halogenated alkanes) is 1. The number of urea groups is 1. The number of benzene rings is 1. The minimum absolute atomic E-state index is 0.0318. The lowest BCUT2D eigenvalue weighted by Crippen LogP contribution is -2.47. The number of rotatable bonds is 26. The Morgan fingerprint density at radius 3 is 2.13 bits per heavy atom. The smallest absolute Gasteiger partial charge is 0.379 e. The highest BCUT2D eigenvalue weighted by Gasteiger charge is 2.65. The van der Waals surface area contributed by atoms with Gasteiger partial charge in [0, 0.05) is 61.3 Å². The van der Waals surface area contributed by atoms with E-state index in [4.69, 9.17) is 14.2 Å². The first-order valence-electron chi connectivity index (χ1n) is 18.3. The molecule has 2 saturated heterocycles. The first kappa shape index (κ1) is 42.9. The molecular formula is C35H50F3N7O8S. The molecule has 5 amide bonds. The molecule has 300 valence electrons. The number of nitrogens with one attached hydrogen (secondary N) is 5. The van der Waals surface area contributed by atoms with E-state index >= 15 is 0 Å². The molecule has 54 heavy (non-hydrogen) atoms. The van der Waals surface area contributed by atoms with Gasteiger partial charge in [-0.2, -0.15) is 24.9 Å². The summed E-state index contributed by atoms with van der Waals surface area (Å²) in [5, 5.41) is 20.8. The van der Waals surface area contributed by atoms with Crippen molar-refractivity contribution < 1.29 is 51.4 Å². The van der Waals surface area contributed by atoms with Crippen molar-refractivity contribution >= 4 is 41.3 Å². The van der Waals surface area contributed by atoms with Gasteiger partial charge in [0.2, 0.25) is 11.8 Å². The van der Waals surface area contributed by atoms with Crippen LogP contribution in [0.15, 0.2) is 34.5 Å². The van der Waals surface area contributed by atoms with E-state index in [1.165, 1.54) is 19.1 Å². The summed E-state index contributed by atoms with van der Waals surface area (Å²) >= 11 is 1.88. The molecule has 0 saturated carbocycles. The topological polar surface area (TPSA) is 198 Å². The van der Waals surface area contributed by atoms with Crippen LogP contribution in [0.4, 0.5) is 18.0 Å². The first-order chi connectivity index (χ1) is 25.9. The van der Waals surface area contributed by atoms with E-state index < -0.39 is 29.7 Å². The van der Waals surface area contributed by atoms with Gasteiger partial charge in [0.25, 0.3) is 5.91 Å². The Morgan fingerprint density at radius 2 is 1.52 bits per heavy atom. The Balaban J connectivity index is 0.952. The predicted octanol–water partition coefficient (Wildman–Crippen LogP) is 3.12. The van der Waals surface area contributed by atoms with Gasteiger partial charge in [-0.25, -0.2) is 4.79 Å². The van der Waals surface area contributed by atoms with Crippen LogP contribution in [-0.4, -0.2) is 118 Å². The van der Waals surface area contributed by atoms with Crippen LogP contribution < -0.4 is 26.6 Å². The van der Waals surface area contributed by atoms with Crippen molar-refractivity contribution in [1.82, 2.24) is 26.6 Å². The molecule has 4 atom stereocenters. The second kappa shape index (κ2) is 21.3. The molecule has 3 heterocycles. The summed E-state index contributed by atoms with van der Waals surface area (Å²) in [6.07, 6.45) is -0.179. The molecule has 1 aromatic carbocycles. The highest BCUT2D eigenvalue weighted by molar-refractivity contribution is 8.00. The second-order valence-corrected chi connectivity index (χ2v) is 14.5. The maximum absolute atomic E-state index is 13.3. The second-order valence-electron chi connectivity index (χ2n) is 13.3. The molecule has 0 spiro atoms. The highest BCUT2D eigenvalue weighted by atomic mass is 32.2. The number of carbonyl (C=O) groups excluding carboxylic acids is 5. The lowest BCUT2D eigenvalue weighted by atomic mass is 10.0. The number of amides is 5. The van der Waals surface area contributed by atoms with E-state index in [9.17, 15) is 37.1 Å². The van der Waals surface area contributed by atoms with E-state index in [1.807, 2.05) is 11.8 Å². The molecule has 15 nitrogen and oxygen atoms in total. The number of hydrogen-bond acceptors (Lipinski definition) is 11. The van der Waals surface area contributed by atoms with Crippen LogP contribution in [0.2, 0.25) is 0 Å². The number of hydrogen-bond donors (Lipinski definition) is 5. The fraction of sp³-hybridized carbons (Fsp3) is 0.686. The van der Waals surface area contributed by atoms with E-state index in [0.29, 0.717) is 70.7 Å². The van der Waals surface area contributed by atoms with Gasteiger partial charge in [-0.3, -0.25) is 14.4 Å². The normalized spacial score (nSPS) is 20.1. The number of halogens is 3. The van der Waals surface area contributed by atoms with Crippen molar-refractivity contribution in [3.63, 3.8) is 0 Å². The van der Waals surface area contributed by atoms with Gasteiger partial charge >= 0.3 is 17.9 Å². The Kier molecular flexibility index (Phi) is 17.0. The number of fused-ring (bicyclic) bond motifs is 1. The third-order valence-electron chi connectivity index (χ3n) is 9.03. The number of thioether (sulfide) groups is 1. The molecule has 19 heteroatoms. The van der Waals surface area contributed by atoms with Crippen LogP contribution in [-0.2, 0) is 34.3 Å². The molecule has 0 radical (unpaired) electrons. The van der Waals surface area contributed by atoms with Crippen LogP contribution in [0.3, 0.4) is 0 Å². The molecular weight excluding hydrogens is 735 g/mol. The zero-order chi connectivity index (χ0) is 39.0. The van der Waals surface area contributed by atoms with Crippen LogP contribution in [0.25, 0.3) is 0 Å². The van der Waals surface area contributed by atoms with Gasteiger partial charge in [-0.15, -0.1) is 10.2 Å². The summed E-state index contributed by atoms with van der Waals surface area (Å²) in [4.78, 5) is 60.7. The zero-order valence-electron chi connectivity index (χ0n) is 30.3. The number of ether oxygens (including phenoxy) is 3. The minimum atomic E-state index is -4.69. The predicted molar refractivity (Wildman–Crippen MR) is 192 cm³/mol. The third-order valence-corrected chi connectivity index (χ3v) is 10.5. The molecule has 4 rings (SSSR count). The fourth-order valence-electron chi connectivity index (χ4n) is 5.97. The maximum Gasteiger partial charge on any atom is 0.442 e. The van der Waals surface area contributed by atoms with Crippen LogP contribution in [0, 0.1) is 0 Å². The molecule has 1 unspecified atom stereocenters. The minimum Gasteiger partial charge on any atom is -0.379 e. The highest BCUT2D eigenvalue weighted by Crippen LogP contribution is 2.52. The SMILES string of the molecule is CC(=O)CCC(NC(=O)c1ccc(C2(C(F)(F)F)N=N2)cc1)C(=O)NCCCOCCOCCOCCCNC(=O)CCCC[C@@H]1SC[C@@H]2NC(=O)N[C@@H]21. The van der Waals surface area contributed by atoms with E-state index in [0.717, 1.165) is 37.1 Å². The average Bonchev–Trinajstić information content (AvgIpc) is 3.77. The lowest BCUT2D eigenvalue weighted by Gasteiger charge is -2.19. The maximum atomic E-state index is 13.3. The molecule has 3 aliphatic heterocycles. The molecule has 0 aliphatic carbocycles. The standard InChI is InChI=1S/C35H50F3N7O8S/c1-23(46)8-13-26(41-31(48)24-9-11-25(12-10-24)34(44-45-34)35(36,37)38)32(49)40-15-5-17-52-19-21-53-20-18-51-16-4-14-39-29(47)7-3-2-6-28-30-27(22-54-28)42-33(50)43-30/h9-12,26-28,30H,2-8,13-22H2,1H3,(H,39,47)(H,40,49)(H,41,48)(H2,42,43,50)/t26?,27-,28-,30-/m0/s1. The van der Waals surface area contributed by atoms with Gasteiger partial charge < -0.3 is 45.6 Å². The summed E-state index contributed by atoms with van der Waals surface area (Å²) in [6.45, 7) is 4.52.